The lowest BCUT2D eigenvalue weighted by molar-refractivity contribution is 0.253. The zero-order valence-corrected chi connectivity index (χ0v) is 10.6. The number of fused-ring (bicyclic) bond motifs is 1. The molecule has 2 aliphatic heterocycles. The van der Waals surface area contributed by atoms with Crippen molar-refractivity contribution in [3.63, 3.8) is 0 Å². The molecule has 94 valence electrons. The van der Waals surface area contributed by atoms with Gasteiger partial charge in [-0.15, -0.1) is 0 Å². The van der Waals surface area contributed by atoms with Gasteiger partial charge >= 0.3 is 0 Å². The third kappa shape index (κ3) is 2.24. The maximum absolute atomic E-state index is 6.00. The van der Waals surface area contributed by atoms with Crippen LogP contribution < -0.4 is 5.73 Å². The van der Waals surface area contributed by atoms with E-state index in [-0.39, 0.29) is 0 Å². The number of imidazole rings is 1. The minimum absolute atomic E-state index is 0.315. The van der Waals surface area contributed by atoms with Crippen LogP contribution in [0.25, 0.3) is 0 Å². The molecule has 4 heteroatoms. The topological polar surface area (TPSA) is 47.1 Å². The zero-order valence-electron chi connectivity index (χ0n) is 10.6. The van der Waals surface area contributed by atoms with Crippen LogP contribution >= 0.6 is 0 Å². The fraction of sp³-hybridized carbons (Fsp3) is 0.769. The molecule has 1 fully saturated rings. The lowest BCUT2D eigenvalue weighted by Crippen LogP contribution is -2.30. The summed E-state index contributed by atoms with van der Waals surface area (Å²) < 4.78 is 2.32. The standard InChI is InChI=1S/C13H22N4/c1-16-5-2-10(3-6-16)12-9-17-7-4-11(14)8-13(17)15-12/h9-11H,2-8,14H2,1H3. The van der Waals surface area contributed by atoms with Crippen molar-refractivity contribution in [3.8, 4) is 0 Å². The van der Waals surface area contributed by atoms with E-state index in [1.54, 1.807) is 0 Å². The molecule has 0 bridgehead atoms. The molecule has 1 saturated heterocycles. The second-order valence-corrected chi connectivity index (χ2v) is 5.61. The number of nitrogens with two attached hydrogens (primary N) is 1. The molecule has 2 N–H and O–H groups in total. The number of nitrogens with zero attached hydrogens (tertiary/aromatic N) is 3. The highest BCUT2D eigenvalue weighted by Crippen LogP contribution is 2.28. The van der Waals surface area contributed by atoms with Gasteiger partial charge in [-0.25, -0.2) is 4.98 Å². The number of hydrogen-bond donors (Lipinski definition) is 1. The maximum atomic E-state index is 6.00. The summed E-state index contributed by atoms with van der Waals surface area (Å²) in [4.78, 5) is 7.22. The van der Waals surface area contributed by atoms with Crippen LogP contribution in [0.15, 0.2) is 6.20 Å². The van der Waals surface area contributed by atoms with Gasteiger partial charge in [-0.05, 0) is 39.4 Å². The van der Waals surface area contributed by atoms with Crippen molar-refractivity contribution in [2.24, 2.45) is 5.73 Å². The van der Waals surface area contributed by atoms with Crippen LogP contribution in [0.4, 0.5) is 0 Å². The highest BCUT2D eigenvalue weighted by atomic mass is 15.1. The summed E-state index contributed by atoms with van der Waals surface area (Å²) in [6.07, 6.45) is 6.82. The molecule has 0 aromatic carbocycles. The second kappa shape index (κ2) is 4.42. The number of likely N-dealkylation sites (tertiary alicyclic amines) is 1. The minimum Gasteiger partial charge on any atom is -0.335 e. The van der Waals surface area contributed by atoms with E-state index in [2.05, 4.69) is 22.7 Å². The van der Waals surface area contributed by atoms with Crippen molar-refractivity contribution in [3.05, 3.63) is 17.7 Å². The molecule has 0 aliphatic carbocycles. The van der Waals surface area contributed by atoms with E-state index in [9.17, 15) is 0 Å². The van der Waals surface area contributed by atoms with E-state index < -0.39 is 0 Å². The highest BCUT2D eigenvalue weighted by Gasteiger charge is 2.24. The predicted molar refractivity (Wildman–Crippen MR) is 68.0 cm³/mol. The Morgan fingerprint density at radius 2 is 2.00 bits per heavy atom. The Morgan fingerprint density at radius 3 is 2.76 bits per heavy atom. The summed E-state index contributed by atoms with van der Waals surface area (Å²) in [6, 6.07) is 0.315. The highest BCUT2D eigenvalue weighted by molar-refractivity contribution is 5.13. The van der Waals surface area contributed by atoms with Crippen molar-refractivity contribution < 1.29 is 0 Å². The van der Waals surface area contributed by atoms with Gasteiger partial charge in [0.25, 0.3) is 0 Å². The molecule has 0 radical (unpaired) electrons. The summed E-state index contributed by atoms with van der Waals surface area (Å²) in [5.41, 5.74) is 7.30. The molecule has 3 rings (SSSR count). The third-order valence-corrected chi connectivity index (χ3v) is 4.20. The van der Waals surface area contributed by atoms with Crippen LogP contribution in [-0.2, 0) is 13.0 Å². The van der Waals surface area contributed by atoms with Gasteiger partial charge in [-0.1, -0.05) is 0 Å². The molecular formula is C13H22N4. The van der Waals surface area contributed by atoms with E-state index in [0.29, 0.717) is 12.0 Å². The molecule has 0 saturated carbocycles. The molecule has 0 amide bonds. The van der Waals surface area contributed by atoms with Crippen molar-refractivity contribution in [2.45, 2.75) is 44.2 Å². The Balaban J connectivity index is 1.76. The van der Waals surface area contributed by atoms with E-state index in [1.165, 1.54) is 37.4 Å². The van der Waals surface area contributed by atoms with Gasteiger partial charge in [0.1, 0.15) is 5.82 Å². The minimum atomic E-state index is 0.315. The average molecular weight is 234 g/mol. The molecule has 17 heavy (non-hydrogen) atoms. The first-order chi connectivity index (χ1) is 8.22. The van der Waals surface area contributed by atoms with Gasteiger partial charge < -0.3 is 15.2 Å². The largest absolute Gasteiger partial charge is 0.335 e. The monoisotopic (exact) mass is 234 g/mol. The van der Waals surface area contributed by atoms with Crippen LogP contribution in [-0.4, -0.2) is 40.6 Å². The second-order valence-electron chi connectivity index (χ2n) is 5.61. The van der Waals surface area contributed by atoms with Crippen molar-refractivity contribution in [1.29, 1.82) is 0 Å². The normalized spacial score (nSPS) is 27.1. The van der Waals surface area contributed by atoms with E-state index in [1.807, 2.05) is 0 Å². The first-order valence-electron chi connectivity index (χ1n) is 6.72. The number of hydrogen-bond acceptors (Lipinski definition) is 3. The Kier molecular flexibility index (Phi) is 2.92. The van der Waals surface area contributed by atoms with Crippen LogP contribution in [0, 0.1) is 0 Å². The van der Waals surface area contributed by atoms with E-state index in [0.717, 1.165) is 19.4 Å². The van der Waals surface area contributed by atoms with Gasteiger partial charge in [0, 0.05) is 31.1 Å². The summed E-state index contributed by atoms with van der Waals surface area (Å²) in [6.45, 7) is 3.45. The molecule has 2 aliphatic rings. The van der Waals surface area contributed by atoms with Crippen LogP contribution in [0.2, 0.25) is 0 Å². The maximum Gasteiger partial charge on any atom is 0.110 e. The zero-order chi connectivity index (χ0) is 11.8. The molecule has 0 spiro atoms. The summed E-state index contributed by atoms with van der Waals surface area (Å²) in [5, 5.41) is 0. The van der Waals surface area contributed by atoms with Crippen LogP contribution in [0.1, 0.15) is 36.7 Å². The summed E-state index contributed by atoms with van der Waals surface area (Å²) >= 11 is 0. The Hall–Kier alpha value is -0.870. The fourth-order valence-electron chi connectivity index (χ4n) is 2.98. The number of rotatable bonds is 1. The fourth-order valence-corrected chi connectivity index (χ4v) is 2.98. The SMILES string of the molecule is CN1CCC(c2cn3c(n2)CC(N)CC3)CC1. The Morgan fingerprint density at radius 1 is 1.24 bits per heavy atom. The van der Waals surface area contributed by atoms with Gasteiger partial charge in [0.05, 0.1) is 5.69 Å². The Labute approximate surface area is 103 Å². The van der Waals surface area contributed by atoms with Crippen molar-refractivity contribution in [2.75, 3.05) is 20.1 Å². The molecule has 1 atom stereocenters. The smallest absolute Gasteiger partial charge is 0.110 e. The van der Waals surface area contributed by atoms with Crippen LogP contribution in [0.3, 0.4) is 0 Å². The Bertz CT molecular complexity index is 390. The van der Waals surface area contributed by atoms with E-state index >= 15 is 0 Å². The first kappa shape index (κ1) is 11.2. The van der Waals surface area contributed by atoms with E-state index in [4.69, 9.17) is 10.7 Å². The average Bonchev–Trinajstić information content (AvgIpc) is 2.72. The van der Waals surface area contributed by atoms with Crippen LogP contribution in [0.5, 0.6) is 0 Å². The molecule has 1 unspecified atom stereocenters. The van der Waals surface area contributed by atoms with Gasteiger partial charge in [0.15, 0.2) is 0 Å². The molecular weight excluding hydrogens is 212 g/mol. The first-order valence-corrected chi connectivity index (χ1v) is 6.72. The van der Waals surface area contributed by atoms with Gasteiger partial charge in [0.2, 0.25) is 0 Å². The number of aromatic nitrogens is 2. The van der Waals surface area contributed by atoms with Gasteiger partial charge in [-0.3, -0.25) is 0 Å². The van der Waals surface area contributed by atoms with Gasteiger partial charge in [-0.2, -0.15) is 0 Å². The van der Waals surface area contributed by atoms with Crippen molar-refractivity contribution in [1.82, 2.24) is 14.5 Å². The summed E-state index contributed by atoms with van der Waals surface area (Å²) in [5.74, 6) is 1.87. The summed E-state index contributed by atoms with van der Waals surface area (Å²) in [7, 11) is 2.20. The quantitative estimate of drug-likeness (QED) is 0.787. The molecule has 4 nitrogen and oxygen atoms in total. The predicted octanol–water partition coefficient (Wildman–Crippen LogP) is 0.966. The van der Waals surface area contributed by atoms with Crippen molar-refractivity contribution >= 4 is 0 Å². The lowest BCUT2D eigenvalue weighted by atomic mass is 9.94. The molecule has 1 aromatic rings. The molecule has 3 heterocycles. The number of piperidine rings is 1. The molecule has 1 aromatic heterocycles. The lowest BCUT2D eigenvalue weighted by Gasteiger charge is -2.27. The number of aryl methyl sites for hydroxylation is 1. The third-order valence-electron chi connectivity index (χ3n) is 4.20.